The van der Waals surface area contributed by atoms with Gasteiger partial charge >= 0.3 is 0 Å². The highest BCUT2D eigenvalue weighted by atomic mass is 15.3. The summed E-state index contributed by atoms with van der Waals surface area (Å²) in [6.45, 7) is 5.34. The summed E-state index contributed by atoms with van der Waals surface area (Å²) < 4.78 is 1.94. The fourth-order valence-electron chi connectivity index (χ4n) is 2.38. The Morgan fingerprint density at radius 1 is 1.60 bits per heavy atom. The van der Waals surface area contributed by atoms with Crippen LogP contribution in [0, 0.1) is 12.8 Å². The Kier molecular flexibility index (Phi) is 2.95. The number of anilines is 1. The first kappa shape index (κ1) is 10.5. The maximum absolute atomic E-state index is 5.88. The van der Waals surface area contributed by atoms with E-state index in [1.54, 1.807) is 0 Å². The summed E-state index contributed by atoms with van der Waals surface area (Å²) in [6, 6.07) is 1.94. The molecule has 0 amide bonds. The zero-order chi connectivity index (χ0) is 10.8. The number of hydrogen-bond acceptors (Lipinski definition) is 3. The highest BCUT2D eigenvalue weighted by molar-refractivity contribution is 5.30. The number of likely N-dealkylation sites (tertiary alicyclic amines) is 1. The van der Waals surface area contributed by atoms with Crippen molar-refractivity contribution >= 4 is 5.82 Å². The van der Waals surface area contributed by atoms with Crippen LogP contribution in [-0.4, -0.2) is 34.8 Å². The van der Waals surface area contributed by atoms with Crippen molar-refractivity contribution in [3.63, 3.8) is 0 Å². The lowest BCUT2D eigenvalue weighted by Gasteiger charge is -2.29. The van der Waals surface area contributed by atoms with Gasteiger partial charge in [0.2, 0.25) is 0 Å². The molecule has 2 N–H and O–H groups in total. The third-order valence-corrected chi connectivity index (χ3v) is 3.09. The molecule has 1 aromatic rings. The Labute approximate surface area is 91.1 Å². The molecule has 1 fully saturated rings. The van der Waals surface area contributed by atoms with Gasteiger partial charge in [0.25, 0.3) is 0 Å². The molecule has 15 heavy (non-hydrogen) atoms. The van der Waals surface area contributed by atoms with E-state index in [4.69, 9.17) is 5.73 Å². The number of piperidine rings is 1. The predicted octanol–water partition coefficient (Wildman–Crippen LogP) is 1.12. The molecule has 1 aliphatic heterocycles. The molecule has 1 aromatic heterocycles. The van der Waals surface area contributed by atoms with E-state index in [0.717, 1.165) is 18.1 Å². The van der Waals surface area contributed by atoms with Crippen molar-refractivity contribution in [3.05, 3.63) is 11.8 Å². The smallest absolute Gasteiger partial charge is 0.121 e. The first-order chi connectivity index (χ1) is 7.15. The van der Waals surface area contributed by atoms with Crippen LogP contribution in [0.4, 0.5) is 5.82 Å². The van der Waals surface area contributed by atoms with Crippen LogP contribution >= 0.6 is 0 Å². The SMILES string of the molecule is Cc1cc(N)n(CC2CCCN(C)C2)n1. The quantitative estimate of drug-likeness (QED) is 0.792. The third-order valence-electron chi connectivity index (χ3n) is 3.09. The molecule has 0 saturated carbocycles. The molecule has 4 heteroatoms. The normalized spacial score (nSPS) is 23.2. The summed E-state index contributed by atoms with van der Waals surface area (Å²) in [4.78, 5) is 2.39. The molecular weight excluding hydrogens is 188 g/mol. The van der Waals surface area contributed by atoms with E-state index in [0.29, 0.717) is 5.92 Å². The number of hydrogen-bond donors (Lipinski definition) is 1. The van der Waals surface area contributed by atoms with Gasteiger partial charge in [0.1, 0.15) is 5.82 Å². The molecule has 1 aliphatic rings. The molecule has 2 heterocycles. The van der Waals surface area contributed by atoms with Crippen LogP contribution < -0.4 is 5.73 Å². The van der Waals surface area contributed by atoms with Crippen molar-refractivity contribution in [2.75, 3.05) is 25.9 Å². The summed E-state index contributed by atoms with van der Waals surface area (Å²) in [5.74, 6) is 1.49. The molecule has 2 rings (SSSR count). The van der Waals surface area contributed by atoms with Gasteiger partial charge in [-0.3, -0.25) is 0 Å². The van der Waals surface area contributed by atoms with Crippen molar-refractivity contribution in [1.82, 2.24) is 14.7 Å². The van der Waals surface area contributed by atoms with Crippen molar-refractivity contribution in [2.45, 2.75) is 26.3 Å². The molecular formula is C11H20N4. The second-order valence-corrected chi connectivity index (χ2v) is 4.66. The number of rotatable bonds is 2. The molecule has 0 aromatic carbocycles. The number of nitrogens with two attached hydrogens (primary N) is 1. The van der Waals surface area contributed by atoms with Gasteiger partial charge in [0.05, 0.1) is 5.69 Å². The zero-order valence-corrected chi connectivity index (χ0v) is 9.61. The van der Waals surface area contributed by atoms with Gasteiger partial charge in [-0.1, -0.05) is 0 Å². The Hall–Kier alpha value is -1.03. The molecule has 0 bridgehead atoms. The van der Waals surface area contributed by atoms with Gasteiger partial charge < -0.3 is 10.6 Å². The highest BCUT2D eigenvalue weighted by Gasteiger charge is 2.18. The van der Waals surface area contributed by atoms with Gasteiger partial charge in [-0.2, -0.15) is 5.10 Å². The third kappa shape index (κ3) is 2.50. The van der Waals surface area contributed by atoms with E-state index in [2.05, 4.69) is 17.0 Å². The van der Waals surface area contributed by atoms with Crippen LogP contribution in [0.1, 0.15) is 18.5 Å². The zero-order valence-electron chi connectivity index (χ0n) is 9.61. The molecule has 1 unspecified atom stereocenters. The monoisotopic (exact) mass is 208 g/mol. The van der Waals surface area contributed by atoms with E-state index in [1.165, 1.54) is 25.9 Å². The van der Waals surface area contributed by atoms with E-state index < -0.39 is 0 Å². The van der Waals surface area contributed by atoms with Crippen molar-refractivity contribution < 1.29 is 0 Å². The van der Waals surface area contributed by atoms with Crippen LogP contribution in [-0.2, 0) is 6.54 Å². The first-order valence-electron chi connectivity index (χ1n) is 5.63. The van der Waals surface area contributed by atoms with Crippen molar-refractivity contribution in [2.24, 2.45) is 5.92 Å². The first-order valence-corrected chi connectivity index (χ1v) is 5.63. The van der Waals surface area contributed by atoms with Crippen LogP contribution in [0.3, 0.4) is 0 Å². The minimum atomic E-state index is 0.699. The maximum atomic E-state index is 5.88. The van der Waals surface area contributed by atoms with Gasteiger partial charge in [0, 0.05) is 19.2 Å². The van der Waals surface area contributed by atoms with Crippen LogP contribution in [0.15, 0.2) is 6.07 Å². The fraction of sp³-hybridized carbons (Fsp3) is 0.727. The maximum Gasteiger partial charge on any atom is 0.121 e. The molecule has 0 spiro atoms. The minimum absolute atomic E-state index is 0.699. The minimum Gasteiger partial charge on any atom is -0.384 e. The summed E-state index contributed by atoms with van der Waals surface area (Å²) in [5, 5.41) is 4.40. The second-order valence-electron chi connectivity index (χ2n) is 4.66. The van der Waals surface area contributed by atoms with Gasteiger partial charge in [0.15, 0.2) is 0 Å². The standard InChI is InChI=1S/C11H20N4/c1-9-6-11(12)15(13-9)8-10-4-3-5-14(2)7-10/h6,10H,3-5,7-8,12H2,1-2H3. The lowest BCUT2D eigenvalue weighted by molar-refractivity contribution is 0.191. The lowest BCUT2D eigenvalue weighted by Crippen LogP contribution is -2.34. The van der Waals surface area contributed by atoms with Gasteiger partial charge in [-0.05, 0) is 39.3 Å². The number of aryl methyl sites for hydroxylation is 1. The summed E-state index contributed by atoms with van der Waals surface area (Å²) >= 11 is 0. The summed E-state index contributed by atoms with van der Waals surface area (Å²) in [5.41, 5.74) is 6.89. The van der Waals surface area contributed by atoms with Crippen molar-refractivity contribution in [1.29, 1.82) is 0 Å². The van der Waals surface area contributed by atoms with E-state index in [1.807, 2.05) is 17.7 Å². The molecule has 84 valence electrons. The Balaban J connectivity index is 1.99. The van der Waals surface area contributed by atoms with Crippen molar-refractivity contribution in [3.8, 4) is 0 Å². The average molecular weight is 208 g/mol. The number of nitrogens with zero attached hydrogens (tertiary/aromatic N) is 3. The topological polar surface area (TPSA) is 47.1 Å². The van der Waals surface area contributed by atoms with Gasteiger partial charge in [-0.15, -0.1) is 0 Å². The van der Waals surface area contributed by atoms with Crippen LogP contribution in [0.2, 0.25) is 0 Å². The Morgan fingerprint density at radius 2 is 2.40 bits per heavy atom. The van der Waals surface area contributed by atoms with Crippen LogP contribution in [0.5, 0.6) is 0 Å². The molecule has 1 atom stereocenters. The molecule has 0 radical (unpaired) electrons. The second kappa shape index (κ2) is 4.23. The lowest BCUT2D eigenvalue weighted by atomic mass is 9.99. The Morgan fingerprint density at radius 3 is 3.00 bits per heavy atom. The summed E-state index contributed by atoms with van der Waals surface area (Å²) in [6.07, 6.45) is 2.59. The van der Waals surface area contributed by atoms with E-state index in [-0.39, 0.29) is 0 Å². The molecule has 4 nitrogen and oxygen atoms in total. The molecule has 0 aliphatic carbocycles. The van der Waals surface area contributed by atoms with E-state index >= 15 is 0 Å². The number of aromatic nitrogens is 2. The van der Waals surface area contributed by atoms with Crippen LogP contribution in [0.25, 0.3) is 0 Å². The largest absolute Gasteiger partial charge is 0.384 e. The predicted molar refractivity (Wildman–Crippen MR) is 61.6 cm³/mol. The Bertz CT molecular complexity index is 331. The van der Waals surface area contributed by atoms with E-state index in [9.17, 15) is 0 Å². The summed E-state index contributed by atoms with van der Waals surface area (Å²) in [7, 11) is 2.18. The van der Waals surface area contributed by atoms with Gasteiger partial charge in [-0.25, -0.2) is 4.68 Å². The molecule has 1 saturated heterocycles. The number of nitrogen functional groups attached to an aromatic ring is 1. The average Bonchev–Trinajstić information content (AvgIpc) is 2.45. The fourth-order valence-corrected chi connectivity index (χ4v) is 2.38. The highest BCUT2D eigenvalue weighted by Crippen LogP contribution is 2.18.